The summed E-state index contributed by atoms with van der Waals surface area (Å²) in [6.07, 6.45) is -1.15. The normalized spacial score (nSPS) is 14.4. The molecule has 14 nitrogen and oxygen atoms in total. The van der Waals surface area contributed by atoms with Gasteiger partial charge in [-0.05, 0) is 50.3 Å². The quantitative estimate of drug-likeness (QED) is 0.106. The molecule has 0 saturated heterocycles. The lowest BCUT2D eigenvalue weighted by Crippen LogP contribution is -2.60. The SMILES string of the molecule is CCCC(C)(NC(=O)OCc1ccccc1)C(C)O.CCCC(C)(NC(=O)OCc1ccccc1)C(O)C(=O)NCC(=O)N[C@H](C(=O)N(C)C)c1ccccc1. The van der Waals surface area contributed by atoms with Gasteiger partial charge >= 0.3 is 12.2 Å². The van der Waals surface area contributed by atoms with Crippen molar-refractivity contribution in [3.05, 3.63) is 108 Å². The zero-order valence-electron chi connectivity index (χ0n) is 33.5. The summed E-state index contributed by atoms with van der Waals surface area (Å²) in [5, 5.41) is 30.9. The van der Waals surface area contributed by atoms with E-state index in [-0.39, 0.29) is 25.5 Å². The van der Waals surface area contributed by atoms with Gasteiger partial charge in [-0.1, -0.05) is 118 Å². The van der Waals surface area contributed by atoms with Crippen molar-refractivity contribution in [2.45, 2.75) is 103 Å². The molecule has 3 aromatic carbocycles. The highest BCUT2D eigenvalue weighted by molar-refractivity contribution is 5.91. The number of rotatable bonds is 18. The molecule has 14 heteroatoms. The minimum absolute atomic E-state index is 0.0333. The molecule has 5 amide bonds. The summed E-state index contributed by atoms with van der Waals surface area (Å²) in [4.78, 5) is 63.4. The van der Waals surface area contributed by atoms with E-state index in [1.807, 2.05) is 69.3 Å². The van der Waals surface area contributed by atoms with E-state index in [9.17, 15) is 34.2 Å². The Bertz CT molecular complexity index is 1660. The van der Waals surface area contributed by atoms with Crippen LogP contribution in [0, 0.1) is 0 Å². The maximum absolute atomic E-state index is 12.7. The third-order valence-corrected chi connectivity index (χ3v) is 9.06. The van der Waals surface area contributed by atoms with Gasteiger partial charge in [-0.3, -0.25) is 14.4 Å². The highest BCUT2D eigenvalue weighted by Crippen LogP contribution is 2.20. The monoisotopic (exact) mass is 777 g/mol. The lowest BCUT2D eigenvalue weighted by molar-refractivity contribution is -0.136. The standard InChI is InChI=1S/C27H36N4O6.C15H23NO3/c1-5-16-27(2,30-26(36)37-18-19-12-8-6-9-13-19)23(33)24(34)28-17-21(32)29-22(25(35)31(3)4)20-14-10-7-11-15-20;1-4-10-15(3,12(2)17)16-14(18)19-11-13-8-6-5-7-9-13/h6-15,22-23,33H,5,16-18H2,1-4H3,(H,28,34)(H,29,32)(H,30,36);5-9,12,17H,4,10-11H2,1-3H3,(H,16,18)/t22-,23?,27?;/m0./s1. The van der Waals surface area contributed by atoms with Gasteiger partial charge in [0, 0.05) is 14.1 Å². The average Bonchev–Trinajstić information content (AvgIpc) is 3.18. The van der Waals surface area contributed by atoms with Gasteiger partial charge in [-0.25, -0.2) is 9.59 Å². The van der Waals surface area contributed by atoms with Gasteiger partial charge in [0.1, 0.15) is 19.3 Å². The molecule has 0 aliphatic carbocycles. The second-order valence-electron chi connectivity index (χ2n) is 14.1. The molecule has 0 aromatic heterocycles. The molecule has 0 bridgehead atoms. The van der Waals surface area contributed by atoms with Gasteiger partial charge in [0.25, 0.3) is 5.91 Å². The molecule has 0 heterocycles. The van der Waals surface area contributed by atoms with Crippen molar-refractivity contribution >= 4 is 29.9 Å². The van der Waals surface area contributed by atoms with Crippen molar-refractivity contribution in [3.63, 3.8) is 0 Å². The Morgan fingerprint density at radius 3 is 1.55 bits per heavy atom. The van der Waals surface area contributed by atoms with Crippen molar-refractivity contribution < 1.29 is 43.7 Å². The highest BCUT2D eigenvalue weighted by atomic mass is 16.6. The van der Waals surface area contributed by atoms with E-state index >= 15 is 0 Å². The third kappa shape index (κ3) is 15.7. The van der Waals surface area contributed by atoms with Gasteiger partial charge < -0.3 is 45.9 Å². The van der Waals surface area contributed by atoms with Gasteiger partial charge in [0.15, 0.2) is 6.10 Å². The Labute approximate surface area is 330 Å². The summed E-state index contributed by atoms with van der Waals surface area (Å²) in [6.45, 7) is 8.68. The van der Waals surface area contributed by atoms with Crippen LogP contribution in [0.15, 0.2) is 91.0 Å². The number of carbonyl (C=O) groups is 5. The summed E-state index contributed by atoms with van der Waals surface area (Å²) in [5.41, 5.74) is 0.334. The maximum Gasteiger partial charge on any atom is 0.407 e. The summed E-state index contributed by atoms with van der Waals surface area (Å²) in [5.74, 6) is -1.79. The van der Waals surface area contributed by atoms with Crippen LogP contribution in [0.5, 0.6) is 0 Å². The van der Waals surface area contributed by atoms with Crippen LogP contribution in [0.4, 0.5) is 9.59 Å². The van der Waals surface area contributed by atoms with Crippen LogP contribution in [0.25, 0.3) is 0 Å². The summed E-state index contributed by atoms with van der Waals surface area (Å²) < 4.78 is 10.4. The Morgan fingerprint density at radius 1 is 0.696 bits per heavy atom. The molecule has 6 N–H and O–H groups in total. The van der Waals surface area contributed by atoms with E-state index in [4.69, 9.17) is 9.47 Å². The number of carbonyl (C=O) groups excluding carboxylic acids is 5. The first kappa shape index (κ1) is 46.7. The third-order valence-electron chi connectivity index (χ3n) is 9.06. The number of amides is 5. The van der Waals surface area contributed by atoms with Crippen LogP contribution < -0.4 is 21.3 Å². The van der Waals surface area contributed by atoms with Crippen LogP contribution in [0.2, 0.25) is 0 Å². The van der Waals surface area contributed by atoms with E-state index in [1.54, 1.807) is 63.5 Å². The van der Waals surface area contributed by atoms with Crippen LogP contribution in [-0.2, 0) is 37.1 Å². The Balaban J connectivity index is 0.000000478. The van der Waals surface area contributed by atoms with Crippen LogP contribution in [0.3, 0.4) is 0 Å². The van der Waals surface area contributed by atoms with Gasteiger partial charge in [0.2, 0.25) is 11.8 Å². The molecule has 0 radical (unpaired) electrons. The fourth-order valence-corrected chi connectivity index (χ4v) is 5.62. The zero-order valence-corrected chi connectivity index (χ0v) is 33.5. The first-order valence-corrected chi connectivity index (χ1v) is 18.7. The number of hydrogen-bond acceptors (Lipinski definition) is 9. The van der Waals surface area contributed by atoms with E-state index in [0.717, 1.165) is 17.5 Å². The number of hydrogen-bond donors (Lipinski definition) is 6. The van der Waals surface area contributed by atoms with Gasteiger partial charge in [-0.15, -0.1) is 0 Å². The van der Waals surface area contributed by atoms with Crippen molar-refractivity contribution in [1.29, 1.82) is 0 Å². The molecule has 3 aromatic rings. The Morgan fingerprint density at radius 2 is 1.12 bits per heavy atom. The van der Waals surface area contributed by atoms with Crippen LogP contribution in [0.1, 0.15) is 83.0 Å². The first-order valence-electron chi connectivity index (χ1n) is 18.7. The second kappa shape index (κ2) is 23.4. The van der Waals surface area contributed by atoms with Crippen molar-refractivity contribution in [3.8, 4) is 0 Å². The van der Waals surface area contributed by atoms with Crippen molar-refractivity contribution in [2.24, 2.45) is 0 Å². The lowest BCUT2D eigenvalue weighted by Gasteiger charge is -2.34. The molecular formula is C42H59N5O9. The van der Waals surface area contributed by atoms with E-state index < -0.39 is 59.9 Å². The first-order chi connectivity index (χ1) is 26.5. The summed E-state index contributed by atoms with van der Waals surface area (Å²) in [7, 11) is 3.16. The molecule has 306 valence electrons. The number of aliphatic hydroxyl groups is 2. The Kier molecular flexibility index (Phi) is 19.5. The molecular weight excluding hydrogens is 718 g/mol. The van der Waals surface area contributed by atoms with Gasteiger partial charge in [0.05, 0.1) is 23.7 Å². The van der Waals surface area contributed by atoms with E-state index in [1.165, 1.54) is 11.8 Å². The molecule has 3 rings (SSSR count). The number of ether oxygens (including phenoxy) is 2. The Hall–Kier alpha value is -5.47. The minimum Gasteiger partial charge on any atom is -0.445 e. The number of nitrogens with zero attached hydrogens (tertiary/aromatic N) is 1. The topological polar surface area (TPSA) is 196 Å². The number of benzene rings is 3. The number of aliphatic hydroxyl groups excluding tert-OH is 2. The fourth-order valence-electron chi connectivity index (χ4n) is 5.62. The summed E-state index contributed by atoms with van der Waals surface area (Å²) >= 11 is 0. The van der Waals surface area contributed by atoms with Gasteiger partial charge in [-0.2, -0.15) is 0 Å². The predicted molar refractivity (Wildman–Crippen MR) is 213 cm³/mol. The van der Waals surface area contributed by atoms with Crippen molar-refractivity contribution in [2.75, 3.05) is 20.6 Å². The number of nitrogens with one attached hydrogen (secondary N) is 4. The van der Waals surface area contributed by atoms with E-state index in [0.29, 0.717) is 18.4 Å². The maximum atomic E-state index is 12.7. The van der Waals surface area contributed by atoms with Crippen LogP contribution >= 0.6 is 0 Å². The molecule has 4 unspecified atom stereocenters. The molecule has 0 spiro atoms. The number of alkyl carbamates (subject to hydrolysis) is 2. The highest BCUT2D eigenvalue weighted by Gasteiger charge is 2.39. The van der Waals surface area contributed by atoms with Crippen molar-refractivity contribution in [1.82, 2.24) is 26.2 Å². The summed E-state index contributed by atoms with van der Waals surface area (Å²) in [6, 6.07) is 26.4. The molecule has 0 aliphatic rings. The lowest BCUT2D eigenvalue weighted by atomic mass is 9.89. The zero-order chi connectivity index (χ0) is 41.7. The smallest absolute Gasteiger partial charge is 0.407 e. The molecule has 5 atom stereocenters. The van der Waals surface area contributed by atoms with E-state index in [2.05, 4.69) is 21.3 Å². The average molecular weight is 778 g/mol. The minimum atomic E-state index is -1.65. The molecule has 56 heavy (non-hydrogen) atoms. The molecule has 0 fully saturated rings. The largest absolute Gasteiger partial charge is 0.445 e. The molecule has 0 aliphatic heterocycles. The fraction of sp³-hybridized carbons (Fsp3) is 0.452. The predicted octanol–water partition coefficient (Wildman–Crippen LogP) is 4.75. The second-order valence-corrected chi connectivity index (χ2v) is 14.1. The number of likely N-dealkylation sites (N-methyl/N-ethyl adjacent to an activating group) is 1. The van der Waals surface area contributed by atoms with Crippen LogP contribution in [-0.4, -0.2) is 88.9 Å². The molecule has 0 saturated carbocycles.